The van der Waals surface area contributed by atoms with Crippen molar-refractivity contribution in [1.29, 1.82) is 0 Å². The Morgan fingerprint density at radius 2 is 1.05 bits per heavy atom. The third-order valence-electron chi connectivity index (χ3n) is 6.29. The molecule has 0 heterocycles. The summed E-state index contributed by atoms with van der Waals surface area (Å²) in [5.74, 6) is -13.6. The van der Waals surface area contributed by atoms with Crippen molar-refractivity contribution >= 4 is 0 Å². The first-order valence-corrected chi connectivity index (χ1v) is 12.1. The molecule has 0 radical (unpaired) electrons. The van der Waals surface area contributed by atoms with Crippen LogP contribution >= 0.6 is 0 Å². The van der Waals surface area contributed by atoms with Crippen molar-refractivity contribution in [3.8, 4) is 28.0 Å². The summed E-state index contributed by atoms with van der Waals surface area (Å²) in [5.41, 5.74) is -6.05. The Bertz CT molecular complexity index is 1650. The van der Waals surface area contributed by atoms with Gasteiger partial charge in [0.1, 0.15) is 57.9 Å². The number of halogens is 12. The second-order valence-corrected chi connectivity index (χ2v) is 9.23. The Morgan fingerprint density at radius 3 is 1.49 bits per heavy atom. The molecular weight excluding hydrogens is 604 g/mol. The zero-order valence-corrected chi connectivity index (χ0v) is 21.6. The van der Waals surface area contributed by atoms with E-state index in [9.17, 15) is 52.7 Å². The zero-order chi connectivity index (χ0) is 31.8. The molecule has 0 unspecified atom stereocenters. The highest BCUT2D eigenvalue weighted by molar-refractivity contribution is 5.67. The summed E-state index contributed by atoms with van der Waals surface area (Å²) >= 11 is 0. The van der Waals surface area contributed by atoms with Crippen molar-refractivity contribution < 1.29 is 57.4 Å². The lowest BCUT2D eigenvalue weighted by Gasteiger charge is -2.21. The molecule has 226 valence electrons. The van der Waals surface area contributed by atoms with Crippen LogP contribution in [0.2, 0.25) is 0 Å². The Hall–Kier alpha value is -4.42. The Labute approximate surface area is 235 Å². The highest BCUT2D eigenvalue weighted by Crippen LogP contribution is 2.40. The van der Waals surface area contributed by atoms with Crippen LogP contribution in [-0.4, -0.2) is 0 Å². The van der Waals surface area contributed by atoms with Gasteiger partial charge in [0.2, 0.25) is 0 Å². The summed E-state index contributed by atoms with van der Waals surface area (Å²) in [4.78, 5) is 0. The van der Waals surface area contributed by atoms with Gasteiger partial charge in [0, 0.05) is 17.7 Å². The molecule has 0 bridgehead atoms. The van der Waals surface area contributed by atoms with Gasteiger partial charge in [-0.3, -0.25) is 0 Å². The smallest absolute Gasteiger partial charge is 0.429 e. The minimum atomic E-state index is -4.94. The van der Waals surface area contributed by atoms with Crippen molar-refractivity contribution in [1.82, 2.24) is 0 Å². The molecule has 0 aliphatic rings. The highest BCUT2D eigenvalue weighted by atomic mass is 19.3. The van der Waals surface area contributed by atoms with Crippen LogP contribution in [0.3, 0.4) is 0 Å². The SMILES string of the molecule is Cc1c(F)cc(-c2c(F)cc(OC(F)(F)c3c(F)cc(-c4c(F)cc(CCC=C(F)F)cc4F)cc3F)cc2F)cc1F. The van der Waals surface area contributed by atoms with Crippen molar-refractivity contribution in [2.75, 3.05) is 0 Å². The van der Waals surface area contributed by atoms with E-state index < -0.39 is 97.9 Å². The van der Waals surface area contributed by atoms with Gasteiger partial charge in [-0.05, 0) is 78.9 Å². The fraction of sp³-hybridized carbons (Fsp3) is 0.133. The maximum Gasteiger partial charge on any atom is 0.432 e. The van der Waals surface area contributed by atoms with Gasteiger partial charge < -0.3 is 4.74 Å². The van der Waals surface area contributed by atoms with Gasteiger partial charge >= 0.3 is 6.11 Å². The van der Waals surface area contributed by atoms with Crippen LogP contribution in [0.15, 0.2) is 60.7 Å². The topological polar surface area (TPSA) is 9.23 Å². The number of hydrogen-bond donors (Lipinski definition) is 0. The molecule has 0 N–H and O–H groups in total. The number of aryl methyl sites for hydroxylation is 1. The first kappa shape index (κ1) is 31.5. The fourth-order valence-electron chi connectivity index (χ4n) is 4.26. The summed E-state index contributed by atoms with van der Waals surface area (Å²) in [5, 5.41) is 0. The molecule has 0 saturated heterocycles. The average Bonchev–Trinajstić information content (AvgIpc) is 2.85. The molecule has 0 aliphatic carbocycles. The van der Waals surface area contributed by atoms with Crippen molar-refractivity contribution in [2.24, 2.45) is 0 Å². The van der Waals surface area contributed by atoms with Crippen molar-refractivity contribution in [3.63, 3.8) is 0 Å². The van der Waals surface area contributed by atoms with Crippen molar-refractivity contribution in [3.05, 3.63) is 124 Å². The second kappa shape index (κ2) is 12.1. The van der Waals surface area contributed by atoms with Crippen LogP contribution in [0.5, 0.6) is 5.75 Å². The molecule has 0 atom stereocenters. The predicted octanol–water partition coefficient (Wildman–Crippen LogP) is 10.3. The van der Waals surface area contributed by atoms with Crippen LogP contribution < -0.4 is 4.74 Å². The van der Waals surface area contributed by atoms with Gasteiger partial charge in [0.15, 0.2) is 0 Å². The van der Waals surface area contributed by atoms with E-state index in [-0.39, 0.29) is 42.7 Å². The third-order valence-corrected chi connectivity index (χ3v) is 6.29. The lowest BCUT2D eigenvalue weighted by molar-refractivity contribution is -0.189. The Balaban J connectivity index is 1.65. The summed E-state index contributed by atoms with van der Waals surface area (Å²) < 4.78 is 174. The molecule has 1 nitrogen and oxygen atoms in total. The van der Waals surface area contributed by atoms with E-state index in [0.29, 0.717) is 18.2 Å². The van der Waals surface area contributed by atoms with E-state index in [1.165, 1.54) is 0 Å². The lowest BCUT2D eigenvalue weighted by atomic mass is 9.98. The molecule has 43 heavy (non-hydrogen) atoms. The minimum Gasteiger partial charge on any atom is -0.429 e. The van der Waals surface area contributed by atoms with Crippen LogP contribution in [-0.2, 0) is 12.5 Å². The van der Waals surface area contributed by atoms with Crippen molar-refractivity contribution in [2.45, 2.75) is 25.9 Å². The standard InChI is InChI=1S/C30H16F12O/c1-13-18(31)7-15(8-19(13)32)28-22(35)11-17(12-23(28)36)43-30(41,42)29-24(37)9-16(10-25(29)38)27-20(33)5-14(6-21(27)34)3-2-4-26(39)40/h4-12H,2-3H2,1H3. The fourth-order valence-corrected chi connectivity index (χ4v) is 4.26. The summed E-state index contributed by atoms with van der Waals surface area (Å²) in [6, 6.07) is 3.36. The van der Waals surface area contributed by atoms with Gasteiger partial charge in [-0.2, -0.15) is 17.6 Å². The van der Waals surface area contributed by atoms with E-state index in [2.05, 4.69) is 4.74 Å². The number of alkyl halides is 2. The second-order valence-electron chi connectivity index (χ2n) is 9.23. The lowest BCUT2D eigenvalue weighted by Crippen LogP contribution is -2.25. The molecule has 0 aromatic heterocycles. The van der Waals surface area contributed by atoms with Gasteiger partial charge in [-0.15, -0.1) is 0 Å². The number of ether oxygens (including phenoxy) is 1. The molecule has 0 fully saturated rings. The normalized spacial score (nSPS) is 11.6. The molecule has 0 saturated carbocycles. The van der Waals surface area contributed by atoms with E-state index in [4.69, 9.17) is 0 Å². The van der Waals surface area contributed by atoms with Gasteiger partial charge in [-0.25, -0.2) is 35.1 Å². The highest BCUT2D eigenvalue weighted by Gasteiger charge is 2.42. The molecule has 4 aromatic carbocycles. The number of hydrogen-bond acceptors (Lipinski definition) is 1. The van der Waals surface area contributed by atoms with Crippen LogP contribution in [0.1, 0.15) is 23.1 Å². The summed E-state index contributed by atoms with van der Waals surface area (Å²) in [6.45, 7) is 1.06. The quantitative estimate of drug-likeness (QED) is 0.178. The Morgan fingerprint density at radius 1 is 0.628 bits per heavy atom. The predicted molar refractivity (Wildman–Crippen MR) is 131 cm³/mol. The number of rotatable bonds is 8. The zero-order valence-electron chi connectivity index (χ0n) is 21.6. The summed E-state index contributed by atoms with van der Waals surface area (Å²) in [7, 11) is 0. The van der Waals surface area contributed by atoms with Gasteiger partial charge in [0.05, 0.1) is 11.1 Å². The largest absolute Gasteiger partial charge is 0.432 e. The number of benzene rings is 4. The maximum atomic E-state index is 14.9. The maximum absolute atomic E-state index is 14.9. The van der Waals surface area contributed by atoms with E-state index in [1.54, 1.807) is 0 Å². The van der Waals surface area contributed by atoms with E-state index in [1.807, 2.05) is 0 Å². The molecule has 4 aromatic rings. The monoisotopic (exact) mass is 620 g/mol. The molecule has 4 rings (SSSR count). The molecule has 0 spiro atoms. The van der Waals surface area contributed by atoms with Gasteiger partial charge in [0.25, 0.3) is 6.08 Å². The van der Waals surface area contributed by atoms with E-state index >= 15 is 0 Å². The molecular formula is C30H16F12O. The van der Waals surface area contributed by atoms with Crippen LogP contribution in [0, 0.1) is 53.5 Å². The molecule has 0 amide bonds. The first-order chi connectivity index (χ1) is 20.1. The third kappa shape index (κ3) is 6.65. The Kier molecular flexibility index (Phi) is 8.84. The first-order valence-electron chi connectivity index (χ1n) is 12.1. The number of allylic oxidation sites excluding steroid dienone is 1. The van der Waals surface area contributed by atoms with E-state index in [0.717, 1.165) is 19.1 Å². The summed E-state index contributed by atoms with van der Waals surface area (Å²) in [6.07, 6.45) is -6.91. The minimum absolute atomic E-state index is 0.0723. The average molecular weight is 620 g/mol. The van der Waals surface area contributed by atoms with Crippen LogP contribution in [0.25, 0.3) is 22.3 Å². The molecule has 13 heteroatoms. The van der Waals surface area contributed by atoms with Crippen LogP contribution in [0.4, 0.5) is 52.7 Å². The van der Waals surface area contributed by atoms with Gasteiger partial charge in [-0.1, -0.05) is 0 Å². The molecule has 0 aliphatic heterocycles.